The van der Waals surface area contributed by atoms with Gasteiger partial charge in [-0.2, -0.15) is 0 Å². The molecule has 1 aromatic carbocycles. The highest BCUT2D eigenvalue weighted by Gasteiger charge is 2.21. The van der Waals surface area contributed by atoms with E-state index in [-0.39, 0.29) is 11.7 Å². The number of phenolic OH excluding ortho intramolecular Hbond substituents is 1. The summed E-state index contributed by atoms with van der Waals surface area (Å²) >= 11 is 6.20. The highest BCUT2D eigenvalue weighted by Crippen LogP contribution is 2.33. The molecule has 110 valence electrons. The average Bonchev–Trinajstić information content (AvgIpc) is 2.78. The standard InChI is InChI=1S/C15H15NO3S2/c1-3-4-10-7-9(8-11(19-2)13(10)17)5-6-12-14(18)16-15(20)21-12/h3,6-8,17H,1,4-5H2,2H3,(H,16,18,20)/b12-6-. The van der Waals surface area contributed by atoms with Crippen molar-refractivity contribution in [1.29, 1.82) is 0 Å². The lowest BCUT2D eigenvalue weighted by Gasteiger charge is -2.10. The van der Waals surface area contributed by atoms with Gasteiger partial charge in [0.1, 0.15) is 4.32 Å². The molecule has 4 nitrogen and oxygen atoms in total. The van der Waals surface area contributed by atoms with Gasteiger partial charge in [-0.25, -0.2) is 0 Å². The van der Waals surface area contributed by atoms with E-state index in [0.29, 0.717) is 27.8 Å². The van der Waals surface area contributed by atoms with Gasteiger partial charge in [0.05, 0.1) is 12.0 Å². The Morgan fingerprint density at radius 1 is 1.48 bits per heavy atom. The van der Waals surface area contributed by atoms with Crippen LogP contribution in [0.2, 0.25) is 0 Å². The number of thioether (sulfide) groups is 1. The Kier molecular flexibility index (Phi) is 5.03. The Bertz CT molecular complexity index is 638. The van der Waals surface area contributed by atoms with Crippen molar-refractivity contribution in [3.8, 4) is 11.5 Å². The number of ether oxygens (including phenoxy) is 1. The first-order chi connectivity index (χ1) is 10.0. The van der Waals surface area contributed by atoms with Crippen LogP contribution < -0.4 is 10.1 Å². The summed E-state index contributed by atoms with van der Waals surface area (Å²) in [5, 5.41) is 12.6. The van der Waals surface area contributed by atoms with Crippen molar-refractivity contribution in [2.45, 2.75) is 12.8 Å². The molecule has 1 heterocycles. The maximum Gasteiger partial charge on any atom is 0.263 e. The van der Waals surface area contributed by atoms with Gasteiger partial charge < -0.3 is 15.2 Å². The summed E-state index contributed by atoms with van der Waals surface area (Å²) in [7, 11) is 1.51. The summed E-state index contributed by atoms with van der Waals surface area (Å²) in [6.07, 6.45) is 4.64. The molecule has 1 fully saturated rings. The number of benzene rings is 1. The normalized spacial score (nSPS) is 16.1. The molecule has 6 heteroatoms. The van der Waals surface area contributed by atoms with Gasteiger partial charge in [0.25, 0.3) is 5.91 Å². The van der Waals surface area contributed by atoms with Crippen LogP contribution >= 0.6 is 24.0 Å². The molecule has 2 rings (SSSR count). The number of rotatable bonds is 5. The number of aromatic hydroxyl groups is 1. The van der Waals surface area contributed by atoms with Crippen molar-refractivity contribution >= 4 is 34.2 Å². The van der Waals surface area contributed by atoms with E-state index in [1.165, 1.54) is 18.9 Å². The molecule has 1 aliphatic heterocycles. The minimum atomic E-state index is -0.165. The van der Waals surface area contributed by atoms with Crippen LogP contribution in [0.25, 0.3) is 0 Å². The molecule has 21 heavy (non-hydrogen) atoms. The van der Waals surface area contributed by atoms with Gasteiger partial charge in [-0.15, -0.1) is 6.58 Å². The summed E-state index contributed by atoms with van der Waals surface area (Å²) in [5.74, 6) is 0.381. The van der Waals surface area contributed by atoms with Crippen LogP contribution in [0.4, 0.5) is 0 Å². The maximum absolute atomic E-state index is 11.6. The van der Waals surface area contributed by atoms with E-state index in [9.17, 15) is 9.90 Å². The zero-order valence-electron chi connectivity index (χ0n) is 11.5. The molecule has 0 spiro atoms. The SMILES string of the molecule is C=CCc1cc(C/C=C2\SC(=S)NC2=O)cc(OC)c1O. The Morgan fingerprint density at radius 2 is 2.24 bits per heavy atom. The molecule has 0 aromatic heterocycles. The number of carbonyl (C=O) groups excluding carboxylic acids is 1. The molecule has 0 saturated carbocycles. The third-order valence-corrected chi connectivity index (χ3v) is 4.17. The first kappa shape index (κ1) is 15.6. The molecule has 1 aromatic rings. The molecule has 0 radical (unpaired) electrons. The number of amides is 1. The number of carbonyl (C=O) groups is 1. The van der Waals surface area contributed by atoms with Crippen LogP contribution in [-0.2, 0) is 17.6 Å². The number of nitrogens with one attached hydrogen (secondary N) is 1. The fraction of sp³-hybridized carbons (Fsp3) is 0.200. The van der Waals surface area contributed by atoms with Crippen LogP contribution in [0, 0.1) is 0 Å². The molecular weight excluding hydrogens is 306 g/mol. The van der Waals surface area contributed by atoms with Gasteiger partial charge >= 0.3 is 0 Å². The molecule has 0 bridgehead atoms. The number of methoxy groups -OCH3 is 1. The van der Waals surface area contributed by atoms with Crippen LogP contribution in [0.1, 0.15) is 11.1 Å². The van der Waals surface area contributed by atoms with Crippen molar-refractivity contribution in [3.63, 3.8) is 0 Å². The molecule has 1 aliphatic rings. The zero-order valence-corrected chi connectivity index (χ0v) is 13.1. The van der Waals surface area contributed by atoms with E-state index in [0.717, 1.165) is 11.1 Å². The largest absolute Gasteiger partial charge is 0.504 e. The number of allylic oxidation sites excluding steroid dienone is 2. The highest BCUT2D eigenvalue weighted by atomic mass is 32.2. The molecule has 0 unspecified atom stereocenters. The second kappa shape index (κ2) is 6.78. The van der Waals surface area contributed by atoms with Gasteiger partial charge in [0.2, 0.25) is 0 Å². The van der Waals surface area contributed by atoms with Crippen molar-refractivity contribution < 1.29 is 14.6 Å². The maximum atomic E-state index is 11.6. The molecular formula is C15H15NO3S2. The Balaban J connectivity index is 2.26. The number of phenols is 1. The minimum absolute atomic E-state index is 0.128. The Labute approximate surface area is 132 Å². The van der Waals surface area contributed by atoms with Gasteiger partial charge in [0, 0.05) is 5.56 Å². The average molecular weight is 321 g/mol. The number of hydrogen-bond acceptors (Lipinski definition) is 5. The van der Waals surface area contributed by atoms with Crippen LogP contribution in [0.3, 0.4) is 0 Å². The molecule has 2 N–H and O–H groups in total. The van der Waals surface area contributed by atoms with E-state index in [2.05, 4.69) is 11.9 Å². The molecule has 0 atom stereocenters. The second-order valence-electron chi connectivity index (χ2n) is 4.41. The van der Waals surface area contributed by atoms with Crippen molar-refractivity contribution in [1.82, 2.24) is 5.32 Å². The minimum Gasteiger partial charge on any atom is -0.504 e. The fourth-order valence-electron chi connectivity index (χ4n) is 1.98. The Hall–Kier alpha value is -1.79. The number of hydrogen-bond donors (Lipinski definition) is 2. The smallest absolute Gasteiger partial charge is 0.263 e. The van der Waals surface area contributed by atoms with Crippen molar-refractivity contribution in [3.05, 3.63) is 46.9 Å². The van der Waals surface area contributed by atoms with E-state index >= 15 is 0 Å². The van der Waals surface area contributed by atoms with E-state index < -0.39 is 0 Å². The lowest BCUT2D eigenvalue weighted by Crippen LogP contribution is -2.17. The lowest BCUT2D eigenvalue weighted by molar-refractivity contribution is -0.115. The lowest BCUT2D eigenvalue weighted by atomic mass is 10.0. The summed E-state index contributed by atoms with van der Waals surface area (Å²) in [5.41, 5.74) is 1.69. The van der Waals surface area contributed by atoms with Gasteiger partial charge in [0.15, 0.2) is 11.5 Å². The topological polar surface area (TPSA) is 58.6 Å². The van der Waals surface area contributed by atoms with Gasteiger partial charge in [-0.3, -0.25) is 4.79 Å². The molecule has 0 aliphatic carbocycles. The van der Waals surface area contributed by atoms with Crippen LogP contribution in [-0.4, -0.2) is 22.4 Å². The van der Waals surface area contributed by atoms with E-state index in [1.807, 2.05) is 12.1 Å². The zero-order chi connectivity index (χ0) is 15.4. The highest BCUT2D eigenvalue weighted by molar-refractivity contribution is 8.26. The first-order valence-corrected chi connectivity index (χ1v) is 7.50. The summed E-state index contributed by atoms with van der Waals surface area (Å²) < 4.78 is 5.65. The quantitative estimate of drug-likeness (QED) is 0.496. The van der Waals surface area contributed by atoms with Gasteiger partial charge in [-0.05, 0) is 24.5 Å². The first-order valence-electron chi connectivity index (χ1n) is 6.28. The number of thiocarbonyl (C=S) groups is 1. The molecule has 1 amide bonds. The second-order valence-corrected chi connectivity index (χ2v) is 6.13. The summed E-state index contributed by atoms with van der Waals surface area (Å²) in [4.78, 5) is 12.2. The molecule has 1 saturated heterocycles. The monoisotopic (exact) mass is 321 g/mol. The van der Waals surface area contributed by atoms with Crippen LogP contribution in [0.5, 0.6) is 11.5 Å². The summed E-state index contributed by atoms with van der Waals surface area (Å²) in [6, 6.07) is 3.64. The third-order valence-electron chi connectivity index (χ3n) is 2.96. The van der Waals surface area contributed by atoms with Crippen molar-refractivity contribution in [2.24, 2.45) is 0 Å². The predicted octanol–water partition coefficient (Wildman–Crippen LogP) is 2.70. The summed E-state index contributed by atoms with van der Waals surface area (Å²) in [6.45, 7) is 3.68. The Morgan fingerprint density at radius 3 is 2.81 bits per heavy atom. The third kappa shape index (κ3) is 3.65. The van der Waals surface area contributed by atoms with E-state index in [4.69, 9.17) is 17.0 Å². The fourth-order valence-corrected chi connectivity index (χ4v) is 3.00. The van der Waals surface area contributed by atoms with Crippen LogP contribution in [0.15, 0.2) is 35.8 Å². The van der Waals surface area contributed by atoms with E-state index in [1.54, 1.807) is 12.1 Å². The predicted molar refractivity (Wildman–Crippen MR) is 88.7 cm³/mol. The van der Waals surface area contributed by atoms with Crippen molar-refractivity contribution in [2.75, 3.05) is 7.11 Å². The van der Waals surface area contributed by atoms with Gasteiger partial charge in [-0.1, -0.05) is 42.2 Å².